The number of ether oxygens (including phenoxy) is 3. The highest BCUT2D eigenvalue weighted by atomic mass is 35.5. The highest BCUT2D eigenvalue weighted by molar-refractivity contribution is 6.30. The molecule has 2 aromatic rings. The molecule has 2 aromatic heterocycles. The summed E-state index contributed by atoms with van der Waals surface area (Å²) in [5.74, 6) is 0.404. The number of rotatable bonds is 4. The van der Waals surface area contributed by atoms with Crippen molar-refractivity contribution in [3.8, 4) is 5.88 Å². The van der Waals surface area contributed by atoms with Crippen LogP contribution in [0.3, 0.4) is 0 Å². The van der Waals surface area contributed by atoms with Gasteiger partial charge < -0.3 is 19.1 Å². The van der Waals surface area contributed by atoms with Crippen LogP contribution < -0.4 is 4.74 Å². The predicted octanol–water partition coefficient (Wildman–Crippen LogP) is 4.08. The Labute approximate surface area is 169 Å². The fourth-order valence-electron chi connectivity index (χ4n) is 3.01. The molecule has 0 spiro atoms. The molecule has 0 aromatic carbocycles. The first-order chi connectivity index (χ1) is 13.2. The summed E-state index contributed by atoms with van der Waals surface area (Å²) in [4.78, 5) is 22.7. The summed E-state index contributed by atoms with van der Waals surface area (Å²) < 4.78 is 17.5. The van der Waals surface area contributed by atoms with Crippen molar-refractivity contribution in [1.82, 2.24) is 14.9 Å². The zero-order valence-electron chi connectivity index (χ0n) is 16.6. The molecule has 3 rings (SSSR count). The molecule has 0 bridgehead atoms. The lowest BCUT2D eigenvalue weighted by Gasteiger charge is -2.38. The summed E-state index contributed by atoms with van der Waals surface area (Å²) >= 11 is 6.09. The average Bonchev–Trinajstić information content (AvgIpc) is 2.64. The molecule has 0 saturated carbocycles. The molecular weight excluding hydrogens is 382 g/mol. The van der Waals surface area contributed by atoms with E-state index < -0.39 is 5.60 Å². The molecule has 0 aliphatic carbocycles. The second kappa shape index (κ2) is 8.49. The molecule has 152 valence electrons. The third-order valence-electron chi connectivity index (χ3n) is 4.28. The SMILES string of the molecule is CC[C@H]1CN(C(=O)OC(C)(C)C)C[C@@H](COc2nc(Cl)cc3ncccc23)O1. The lowest BCUT2D eigenvalue weighted by Crippen LogP contribution is -2.52. The van der Waals surface area contributed by atoms with Crippen LogP contribution in [-0.4, -0.2) is 58.5 Å². The van der Waals surface area contributed by atoms with Gasteiger partial charge in [-0.05, 0) is 39.3 Å². The minimum atomic E-state index is -0.542. The van der Waals surface area contributed by atoms with E-state index in [0.29, 0.717) is 29.6 Å². The molecule has 7 nitrogen and oxygen atoms in total. The van der Waals surface area contributed by atoms with Crippen LogP contribution in [0.5, 0.6) is 5.88 Å². The van der Waals surface area contributed by atoms with Crippen molar-refractivity contribution in [2.24, 2.45) is 0 Å². The molecule has 3 heterocycles. The Morgan fingerprint density at radius 3 is 2.82 bits per heavy atom. The number of hydrogen-bond donors (Lipinski definition) is 0. The Balaban J connectivity index is 1.70. The van der Waals surface area contributed by atoms with Gasteiger partial charge in [0.15, 0.2) is 0 Å². The zero-order chi connectivity index (χ0) is 20.3. The smallest absolute Gasteiger partial charge is 0.410 e. The van der Waals surface area contributed by atoms with Crippen LogP contribution in [0.1, 0.15) is 34.1 Å². The van der Waals surface area contributed by atoms with E-state index in [2.05, 4.69) is 9.97 Å². The summed E-state index contributed by atoms with van der Waals surface area (Å²) in [7, 11) is 0. The first-order valence-electron chi connectivity index (χ1n) is 9.42. The molecule has 1 aliphatic rings. The topological polar surface area (TPSA) is 73.8 Å². The predicted molar refractivity (Wildman–Crippen MR) is 107 cm³/mol. The molecule has 0 unspecified atom stereocenters. The maximum Gasteiger partial charge on any atom is 0.410 e. The first-order valence-corrected chi connectivity index (χ1v) is 9.80. The van der Waals surface area contributed by atoms with Crippen molar-refractivity contribution in [2.75, 3.05) is 19.7 Å². The first kappa shape index (κ1) is 20.6. The molecule has 1 aliphatic heterocycles. The fourth-order valence-corrected chi connectivity index (χ4v) is 3.19. The van der Waals surface area contributed by atoms with E-state index in [1.807, 2.05) is 39.8 Å². The minimum Gasteiger partial charge on any atom is -0.474 e. The van der Waals surface area contributed by atoms with Gasteiger partial charge in [0.05, 0.1) is 30.1 Å². The summed E-state index contributed by atoms with van der Waals surface area (Å²) in [6.45, 7) is 8.73. The zero-order valence-corrected chi connectivity index (χ0v) is 17.4. The van der Waals surface area contributed by atoms with Crippen molar-refractivity contribution >= 4 is 28.6 Å². The van der Waals surface area contributed by atoms with Gasteiger partial charge in [-0.2, -0.15) is 0 Å². The Morgan fingerprint density at radius 1 is 1.36 bits per heavy atom. The monoisotopic (exact) mass is 407 g/mol. The van der Waals surface area contributed by atoms with Gasteiger partial charge in [-0.3, -0.25) is 4.98 Å². The minimum absolute atomic E-state index is 0.0689. The molecule has 0 N–H and O–H groups in total. The van der Waals surface area contributed by atoms with Gasteiger partial charge in [-0.15, -0.1) is 0 Å². The molecule has 1 amide bonds. The van der Waals surface area contributed by atoms with E-state index in [-0.39, 0.29) is 24.9 Å². The highest BCUT2D eigenvalue weighted by Gasteiger charge is 2.33. The van der Waals surface area contributed by atoms with Crippen LogP contribution in [0, 0.1) is 0 Å². The van der Waals surface area contributed by atoms with Crippen molar-refractivity contribution < 1.29 is 19.0 Å². The third-order valence-corrected chi connectivity index (χ3v) is 4.47. The quantitative estimate of drug-likeness (QED) is 0.711. The average molecular weight is 408 g/mol. The summed E-state index contributed by atoms with van der Waals surface area (Å²) in [5, 5.41) is 1.09. The van der Waals surface area contributed by atoms with Gasteiger partial charge >= 0.3 is 6.09 Å². The van der Waals surface area contributed by atoms with E-state index >= 15 is 0 Å². The molecule has 0 radical (unpaired) electrons. The Morgan fingerprint density at radius 2 is 2.11 bits per heavy atom. The largest absolute Gasteiger partial charge is 0.474 e. The van der Waals surface area contributed by atoms with Gasteiger partial charge in [0.25, 0.3) is 0 Å². The summed E-state index contributed by atoms with van der Waals surface area (Å²) in [6.07, 6.45) is 1.78. The molecule has 28 heavy (non-hydrogen) atoms. The Hall–Kier alpha value is -2.12. The molecule has 2 atom stereocenters. The van der Waals surface area contributed by atoms with Gasteiger partial charge in [-0.25, -0.2) is 9.78 Å². The lowest BCUT2D eigenvalue weighted by atomic mass is 10.2. The number of carbonyl (C=O) groups is 1. The van der Waals surface area contributed by atoms with Crippen LogP contribution in [0.25, 0.3) is 10.9 Å². The number of fused-ring (bicyclic) bond motifs is 1. The maximum atomic E-state index is 12.5. The molecule has 8 heteroatoms. The number of carbonyl (C=O) groups excluding carboxylic acids is 1. The highest BCUT2D eigenvalue weighted by Crippen LogP contribution is 2.26. The van der Waals surface area contributed by atoms with Crippen LogP contribution >= 0.6 is 11.6 Å². The van der Waals surface area contributed by atoms with Gasteiger partial charge in [-0.1, -0.05) is 18.5 Å². The van der Waals surface area contributed by atoms with Gasteiger partial charge in [0.1, 0.15) is 23.5 Å². The van der Waals surface area contributed by atoms with E-state index in [1.54, 1.807) is 17.2 Å². The Kier molecular flexibility index (Phi) is 6.25. The van der Waals surface area contributed by atoms with Crippen LogP contribution in [0.15, 0.2) is 24.4 Å². The molecule has 1 saturated heterocycles. The summed E-state index contributed by atoms with van der Waals surface area (Å²) in [6, 6.07) is 5.39. The number of pyridine rings is 2. The number of aromatic nitrogens is 2. The van der Waals surface area contributed by atoms with Crippen LogP contribution in [0.2, 0.25) is 5.15 Å². The second-order valence-corrected chi connectivity index (χ2v) is 8.19. The standard InChI is InChI=1S/C20H26ClN3O4/c1-5-13-10-24(19(25)28-20(2,3)4)11-14(27-13)12-26-18-15-7-6-8-22-16(15)9-17(21)23-18/h6-9,13-14H,5,10-12H2,1-4H3/t13-,14-/m0/s1. The Bertz CT molecular complexity index is 840. The van der Waals surface area contributed by atoms with Gasteiger partial charge in [0.2, 0.25) is 5.88 Å². The summed E-state index contributed by atoms with van der Waals surface area (Å²) in [5.41, 5.74) is 0.170. The van der Waals surface area contributed by atoms with E-state index in [1.165, 1.54) is 0 Å². The van der Waals surface area contributed by atoms with Crippen molar-refractivity contribution in [2.45, 2.75) is 51.9 Å². The molecular formula is C20H26ClN3O4. The number of hydrogen-bond acceptors (Lipinski definition) is 6. The van der Waals surface area contributed by atoms with Crippen molar-refractivity contribution in [1.29, 1.82) is 0 Å². The normalized spacial score (nSPS) is 20.2. The van der Waals surface area contributed by atoms with Crippen LogP contribution in [-0.2, 0) is 9.47 Å². The van der Waals surface area contributed by atoms with Crippen molar-refractivity contribution in [3.05, 3.63) is 29.5 Å². The maximum absolute atomic E-state index is 12.5. The van der Waals surface area contributed by atoms with Crippen molar-refractivity contribution in [3.63, 3.8) is 0 Å². The van der Waals surface area contributed by atoms with E-state index in [4.69, 9.17) is 25.8 Å². The lowest BCUT2D eigenvalue weighted by molar-refractivity contribution is -0.100. The molecule has 1 fully saturated rings. The second-order valence-electron chi connectivity index (χ2n) is 7.80. The third kappa shape index (κ3) is 5.23. The number of halogens is 1. The number of amides is 1. The van der Waals surface area contributed by atoms with Crippen LogP contribution in [0.4, 0.5) is 4.79 Å². The fraction of sp³-hybridized carbons (Fsp3) is 0.550. The van der Waals surface area contributed by atoms with E-state index in [9.17, 15) is 4.79 Å². The number of morpholine rings is 1. The van der Waals surface area contributed by atoms with Gasteiger partial charge in [0, 0.05) is 12.3 Å². The number of nitrogens with zero attached hydrogens (tertiary/aromatic N) is 3. The van der Waals surface area contributed by atoms with E-state index in [0.717, 1.165) is 11.8 Å².